The lowest BCUT2D eigenvalue weighted by Gasteiger charge is -2.28. The predicted octanol–water partition coefficient (Wildman–Crippen LogP) is 5.12. The van der Waals surface area contributed by atoms with E-state index < -0.39 is 14.5 Å². The second-order valence-corrected chi connectivity index (χ2v) is 12.4. The highest BCUT2D eigenvalue weighted by Crippen LogP contribution is 2.43. The van der Waals surface area contributed by atoms with Crippen molar-refractivity contribution >= 4 is 26.4 Å². The average molecular weight is 470 g/mol. The first-order chi connectivity index (χ1) is 15.9. The summed E-state index contributed by atoms with van der Waals surface area (Å²) in [6.07, 6.45) is 7.80. The standard InChI is InChI=1S/C27H41N2O3Si/c1-5-33(6-2)32-19-13-10-14-22(21-29-17-11-7-12-18-29)25(30)20-27(3)23-15-8-9-16-24(23)28(4)26(27)31/h8-9,14-16H,5-7,10-13,17-21H2,1-4H3/b22-14+. The van der Waals surface area contributed by atoms with Gasteiger partial charge >= 0.3 is 0 Å². The first kappa shape index (κ1) is 25.9. The Morgan fingerprint density at radius 1 is 1.15 bits per heavy atom. The van der Waals surface area contributed by atoms with E-state index in [1.54, 1.807) is 4.90 Å². The molecule has 6 heteroatoms. The highest BCUT2D eigenvalue weighted by Gasteiger charge is 2.47. The van der Waals surface area contributed by atoms with E-state index in [1.165, 1.54) is 19.3 Å². The summed E-state index contributed by atoms with van der Waals surface area (Å²) in [6.45, 7) is 9.90. The normalized spacial score (nSPS) is 21.7. The van der Waals surface area contributed by atoms with Crippen molar-refractivity contribution in [1.82, 2.24) is 4.90 Å². The fourth-order valence-electron chi connectivity index (χ4n) is 5.09. The van der Waals surface area contributed by atoms with Gasteiger partial charge in [0.2, 0.25) is 14.9 Å². The van der Waals surface area contributed by atoms with Gasteiger partial charge in [0.25, 0.3) is 0 Å². The minimum atomic E-state index is -0.799. The molecule has 1 radical (unpaired) electrons. The number of hydrogen-bond donors (Lipinski definition) is 0. The van der Waals surface area contributed by atoms with Crippen molar-refractivity contribution in [3.8, 4) is 0 Å². The van der Waals surface area contributed by atoms with Gasteiger partial charge in [0.05, 0.1) is 5.41 Å². The lowest BCUT2D eigenvalue weighted by atomic mass is 9.78. The molecule has 0 aliphatic carbocycles. The third-order valence-electron chi connectivity index (χ3n) is 7.19. The number of anilines is 1. The first-order valence-electron chi connectivity index (χ1n) is 12.7. The van der Waals surface area contributed by atoms with Crippen LogP contribution in [0.25, 0.3) is 0 Å². The quantitative estimate of drug-likeness (QED) is 0.242. The molecule has 3 rings (SSSR count). The Hall–Kier alpha value is -1.76. The fourth-order valence-corrected chi connectivity index (χ4v) is 6.43. The van der Waals surface area contributed by atoms with E-state index >= 15 is 0 Å². The maximum absolute atomic E-state index is 13.6. The smallest absolute Gasteiger partial charge is 0.237 e. The fraction of sp³-hybridized carbons (Fsp3) is 0.630. The molecule has 181 valence electrons. The number of allylic oxidation sites excluding steroid dienone is 1. The van der Waals surface area contributed by atoms with Gasteiger partial charge in [-0.2, -0.15) is 0 Å². The topological polar surface area (TPSA) is 49.9 Å². The van der Waals surface area contributed by atoms with Crippen LogP contribution in [0.15, 0.2) is 35.9 Å². The summed E-state index contributed by atoms with van der Waals surface area (Å²) >= 11 is 0. The Balaban J connectivity index is 1.71. The van der Waals surface area contributed by atoms with Crippen molar-refractivity contribution in [3.63, 3.8) is 0 Å². The summed E-state index contributed by atoms with van der Waals surface area (Å²) in [5.41, 5.74) is 1.95. The number of likely N-dealkylation sites (N-methyl/N-ethyl adjacent to an activating group) is 1. The van der Waals surface area contributed by atoms with Gasteiger partial charge in [-0.3, -0.25) is 14.5 Å². The number of carbonyl (C=O) groups is 2. The van der Waals surface area contributed by atoms with Gasteiger partial charge in [0.1, 0.15) is 0 Å². The molecule has 2 aliphatic rings. The summed E-state index contributed by atoms with van der Waals surface area (Å²) in [4.78, 5) is 30.9. The van der Waals surface area contributed by atoms with Crippen molar-refractivity contribution in [2.24, 2.45) is 0 Å². The molecule has 2 heterocycles. The molecular formula is C27H41N2O3Si. The Morgan fingerprint density at radius 3 is 2.55 bits per heavy atom. The van der Waals surface area contributed by atoms with Crippen molar-refractivity contribution in [2.45, 2.75) is 76.8 Å². The van der Waals surface area contributed by atoms with Gasteiger partial charge in [-0.05, 0) is 69.4 Å². The molecule has 0 N–H and O–H groups in total. The zero-order chi connectivity index (χ0) is 23.8. The summed E-state index contributed by atoms with van der Waals surface area (Å²) in [5, 5.41) is 0. The number of para-hydroxylation sites is 1. The molecule has 1 amide bonds. The molecule has 0 aromatic heterocycles. The Labute approximate surface area is 201 Å². The highest BCUT2D eigenvalue weighted by atomic mass is 28.3. The van der Waals surface area contributed by atoms with Crippen LogP contribution in [0.4, 0.5) is 5.69 Å². The van der Waals surface area contributed by atoms with Crippen LogP contribution >= 0.6 is 0 Å². The number of rotatable bonds is 12. The zero-order valence-electron chi connectivity index (χ0n) is 21.0. The molecule has 1 aromatic carbocycles. The average Bonchev–Trinajstić information content (AvgIpc) is 3.02. The van der Waals surface area contributed by atoms with Crippen molar-refractivity contribution in [3.05, 3.63) is 41.5 Å². The minimum absolute atomic E-state index is 0.0107. The predicted molar refractivity (Wildman–Crippen MR) is 137 cm³/mol. The lowest BCUT2D eigenvalue weighted by Crippen LogP contribution is -2.39. The third-order valence-corrected chi connectivity index (χ3v) is 9.38. The van der Waals surface area contributed by atoms with Gasteiger partial charge in [-0.15, -0.1) is 0 Å². The van der Waals surface area contributed by atoms with Crippen LogP contribution in [0, 0.1) is 0 Å². The molecule has 1 aromatic rings. The number of nitrogens with zero attached hydrogens (tertiary/aromatic N) is 2. The summed E-state index contributed by atoms with van der Waals surface area (Å²) < 4.78 is 6.05. The van der Waals surface area contributed by atoms with Crippen molar-refractivity contribution in [1.29, 1.82) is 0 Å². The molecule has 2 aliphatic heterocycles. The molecule has 0 bridgehead atoms. The molecule has 0 saturated carbocycles. The lowest BCUT2D eigenvalue weighted by molar-refractivity contribution is -0.126. The number of unbranched alkanes of at least 4 members (excludes halogenated alkanes) is 1. The van der Waals surface area contributed by atoms with Gasteiger partial charge in [0, 0.05) is 37.9 Å². The van der Waals surface area contributed by atoms with E-state index in [4.69, 9.17) is 4.43 Å². The number of piperidine rings is 1. The highest BCUT2D eigenvalue weighted by molar-refractivity contribution is 6.51. The second-order valence-electron chi connectivity index (χ2n) is 9.62. The van der Waals surface area contributed by atoms with E-state index in [2.05, 4.69) is 24.8 Å². The SMILES string of the molecule is CC[Si](CC)OCCC/C=C(\CN1CCCCC1)C(=O)CC1(C)C(=O)N(C)c2ccccc21. The first-order valence-corrected chi connectivity index (χ1v) is 14.5. The Bertz CT molecular complexity index is 846. The van der Waals surface area contributed by atoms with Crippen LogP contribution in [0.3, 0.4) is 0 Å². The Morgan fingerprint density at radius 2 is 1.85 bits per heavy atom. The van der Waals surface area contributed by atoms with Gasteiger partial charge in [0.15, 0.2) is 5.78 Å². The number of Topliss-reactive ketones (excluding diaryl/α,β-unsaturated/α-hetero) is 1. The summed E-state index contributed by atoms with van der Waals surface area (Å²) in [6, 6.07) is 10.1. The van der Waals surface area contributed by atoms with Crippen LogP contribution in [0.5, 0.6) is 0 Å². The van der Waals surface area contributed by atoms with E-state index in [0.29, 0.717) is 6.54 Å². The molecule has 1 fully saturated rings. The molecule has 1 unspecified atom stereocenters. The summed E-state index contributed by atoms with van der Waals surface area (Å²) in [7, 11) is 1.15. The molecule has 1 saturated heterocycles. The van der Waals surface area contributed by atoms with E-state index in [9.17, 15) is 9.59 Å². The molecule has 1 atom stereocenters. The van der Waals surface area contributed by atoms with Gasteiger partial charge < -0.3 is 9.33 Å². The zero-order valence-corrected chi connectivity index (χ0v) is 22.0. The number of fused-ring (bicyclic) bond motifs is 1. The van der Waals surface area contributed by atoms with Crippen molar-refractivity contribution < 1.29 is 14.0 Å². The van der Waals surface area contributed by atoms with Gasteiger partial charge in [-0.25, -0.2) is 0 Å². The van der Waals surface area contributed by atoms with Crippen LogP contribution in [0.1, 0.15) is 64.9 Å². The van der Waals surface area contributed by atoms with Crippen LogP contribution in [0.2, 0.25) is 12.1 Å². The molecular weight excluding hydrogens is 428 g/mol. The summed E-state index contributed by atoms with van der Waals surface area (Å²) in [5.74, 6) is 0.117. The maximum Gasteiger partial charge on any atom is 0.237 e. The number of benzene rings is 1. The van der Waals surface area contributed by atoms with Crippen LogP contribution in [-0.2, 0) is 19.4 Å². The number of likely N-dealkylation sites (tertiary alicyclic amines) is 1. The number of amides is 1. The maximum atomic E-state index is 13.6. The Kier molecular flexibility index (Phi) is 9.47. The van der Waals surface area contributed by atoms with E-state index in [1.807, 2.05) is 38.2 Å². The number of hydrogen-bond acceptors (Lipinski definition) is 4. The second kappa shape index (κ2) is 12.1. The third kappa shape index (κ3) is 6.22. The van der Waals surface area contributed by atoms with Crippen molar-refractivity contribution in [2.75, 3.05) is 38.2 Å². The molecule has 5 nitrogen and oxygen atoms in total. The molecule has 0 spiro atoms. The van der Waals surface area contributed by atoms with Gasteiger partial charge in [-0.1, -0.05) is 44.5 Å². The molecule has 33 heavy (non-hydrogen) atoms. The number of carbonyl (C=O) groups excluding carboxylic acids is 2. The van der Waals surface area contributed by atoms with E-state index in [-0.39, 0.29) is 18.1 Å². The monoisotopic (exact) mass is 469 g/mol. The number of ketones is 1. The van der Waals surface area contributed by atoms with E-state index in [0.717, 1.165) is 61.5 Å². The minimum Gasteiger partial charge on any atom is -0.417 e. The largest absolute Gasteiger partial charge is 0.417 e. The van der Waals surface area contributed by atoms with Crippen LogP contribution < -0.4 is 4.90 Å². The van der Waals surface area contributed by atoms with Crippen LogP contribution in [-0.4, -0.2) is 58.9 Å².